The predicted molar refractivity (Wildman–Crippen MR) is 123 cm³/mol. The number of H-pyrrole nitrogens is 1. The maximum atomic E-state index is 12.7. The van der Waals surface area contributed by atoms with Crippen LogP contribution in [0.3, 0.4) is 0 Å². The van der Waals surface area contributed by atoms with Crippen molar-refractivity contribution in [1.82, 2.24) is 24.1 Å². The van der Waals surface area contributed by atoms with Gasteiger partial charge in [0.2, 0.25) is 5.95 Å². The second-order valence-corrected chi connectivity index (χ2v) is 11.0. The fourth-order valence-corrected chi connectivity index (χ4v) is 5.59. The molecule has 1 unspecified atom stereocenters. The third kappa shape index (κ3) is 5.56. The third-order valence-corrected chi connectivity index (χ3v) is 7.20. The van der Waals surface area contributed by atoms with Crippen LogP contribution in [-0.4, -0.2) is 67.6 Å². The topological polar surface area (TPSA) is 244 Å². The first-order chi connectivity index (χ1) is 17.4. The number of aliphatic hydroxyl groups excluding tert-OH is 1. The van der Waals surface area contributed by atoms with E-state index in [4.69, 9.17) is 19.0 Å². The molecule has 37 heavy (non-hydrogen) atoms. The van der Waals surface area contributed by atoms with Gasteiger partial charge < -0.3 is 39.3 Å². The van der Waals surface area contributed by atoms with Crippen molar-refractivity contribution in [2.75, 3.05) is 11.9 Å². The van der Waals surface area contributed by atoms with Crippen molar-refractivity contribution in [1.29, 1.82) is 0 Å². The number of hydrogen-bond donors (Lipinski definition) is 7. The van der Waals surface area contributed by atoms with Gasteiger partial charge in [-0.05, 0) is 12.5 Å². The van der Waals surface area contributed by atoms with Crippen LogP contribution in [0.15, 0.2) is 23.4 Å². The van der Waals surface area contributed by atoms with E-state index in [1.165, 1.54) is 10.9 Å². The summed E-state index contributed by atoms with van der Waals surface area (Å²) >= 11 is 0. The van der Waals surface area contributed by atoms with Crippen LogP contribution in [0.2, 0.25) is 0 Å². The van der Waals surface area contributed by atoms with Crippen molar-refractivity contribution in [2.24, 2.45) is 0 Å². The lowest BCUT2D eigenvalue weighted by atomic mass is 10.1. The average Bonchev–Trinajstić information content (AvgIpc) is 3.55. The Morgan fingerprint density at radius 1 is 1.24 bits per heavy atom. The zero-order chi connectivity index (χ0) is 26.5. The molecule has 7 N–H and O–H groups in total. The number of imidazole rings is 1. The van der Waals surface area contributed by atoms with E-state index in [1.807, 2.05) is 16.8 Å². The molecule has 0 aromatic carbocycles. The van der Waals surface area contributed by atoms with Crippen LogP contribution in [-0.2, 0) is 36.1 Å². The van der Waals surface area contributed by atoms with Crippen LogP contribution >= 0.6 is 15.6 Å². The molecule has 0 saturated carbocycles. The highest BCUT2D eigenvalue weighted by Crippen LogP contribution is 2.45. The number of aliphatic hydroxyl groups is 1. The van der Waals surface area contributed by atoms with Gasteiger partial charge in [0, 0.05) is 30.4 Å². The minimum atomic E-state index is -4.98. The molecule has 0 radical (unpaired) electrons. The second kappa shape index (κ2) is 9.71. The monoisotopic (exact) mass is 562 g/mol. The van der Waals surface area contributed by atoms with Gasteiger partial charge in [0.25, 0.3) is 5.56 Å². The Morgan fingerprint density at radius 3 is 2.73 bits per heavy atom. The minimum Gasteiger partial charge on any atom is -0.392 e. The summed E-state index contributed by atoms with van der Waals surface area (Å²) in [6.45, 7) is -0.139. The zero-order valence-electron chi connectivity index (χ0n) is 18.9. The number of rotatable bonds is 9. The SMILES string of the molecule is O=c1[nH]c(NC2CCn3ccc(CO)c32)nc2c1ncn2[C@H]1C[C@H](OP(=O)(O)O)[C@@H](COP(=O)(O)O)O1. The summed E-state index contributed by atoms with van der Waals surface area (Å²) < 4.78 is 40.8. The standard InChI is InChI=1S/C18H24N6O11P2/c25-6-9-1-3-23-4-2-10(15(9)23)20-18-21-16-14(17(26)22-18)19-8-24(16)13-5-11(35-37(30,31)32)12(34-13)7-33-36(27,28)29/h1,3,8,10-13,25H,2,4-7H2,(H2,27,28,29)(H2,30,31,32)(H2,20,21,22,26)/t10?,11-,12+,13+/m0/s1. The molecule has 2 aliphatic rings. The average molecular weight is 562 g/mol. The molecule has 0 spiro atoms. The molecule has 0 bridgehead atoms. The molecule has 5 heterocycles. The fraction of sp³-hybridized carbons (Fsp3) is 0.500. The highest BCUT2D eigenvalue weighted by molar-refractivity contribution is 7.46. The van der Waals surface area contributed by atoms with E-state index in [-0.39, 0.29) is 36.2 Å². The molecule has 17 nitrogen and oxygen atoms in total. The summed E-state index contributed by atoms with van der Waals surface area (Å²) in [5.41, 5.74) is 1.15. The van der Waals surface area contributed by atoms with E-state index in [2.05, 4.69) is 24.8 Å². The van der Waals surface area contributed by atoms with Crippen molar-refractivity contribution in [2.45, 2.75) is 50.5 Å². The van der Waals surface area contributed by atoms with E-state index in [1.54, 1.807) is 0 Å². The van der Waals surface area contributed by atoms with Crippen LogP contribution in [0, 0.1) is 0 Å². The Kier molecular flexibility index (Phi) is 6.87. The first-order valence-corrected chi connectivity index (χ1v) is 14.1. The van der Waals surface area contributed by atoms with Gasteiger partial charge in [-0.25, -0.2) is 14.1 Å². The second-order valence-electron chi connectivity index (χ2n) is 8.59. The van der Waals surface area contributed by atoms with Gasteiger partial charge in [0.1, 0.15) is 18.4 Å². The fourth-order valence-electron chi connectivity index (χ4n) is 4.68. The van der Waals surface area contributed by atoms with Crippen LogP contribution in [0.25, 0.3) is 11.2 Å². The molecule has 4 atom stereocenters. The van der Waals surface area contributed by atoms with E-state index in [0.717, 1.165) is 11.3 Å². The molecule has 5 rings (SSSR count). The van der Waals surface area contributed by atoms with Gasteiger partial charge in [-0.1, -0.05) is 0 Å². The van der Waals surface area contributed by atoms with Crippen molar-refractivity contribution < 1.29 is 47.6 Å². The number of nitrogens with zero attached hydrogens (tertiary/aromatic N) is 4. The maximum Gasteiger partial charge on any atom is 0.469 e. The molecule has 1 saturated heterocycles. The summed E-state index contributed by atoms with van der Waals surface area (Å²) in [4.78, 5) is 60.4. The highest BCUT2D eigenvalue weighted by atomic mass is 31.2. The number of ether oxygens (including phenoxy) is 1. The summed E-state index contributed by atoms with van der Waals surface area (Å²) in [5, 5.41) is 12.8. The van der Waals surface area contributed by atoms with Crippen LogP contribution < -0.4 is 10.9 Å². The van der Waals surface area contributed by atoms with Gasteiger partial charge in [0.15, 0.2) is 11.2 Å². The number of hydrogen-bond acceptors (Lipinski definition) is 10. The molecular weight excluding hydrogens is 538 g/mol. The number of phosphoric acid groups is 2. The van der Waals surface area contributed by atoms with Crippen LogP contribution in [0.4, 0.5) is 5.95 Å². The molecule has 3 aromatic rings. The largest absolute Gasteiger partial charge is 0.469 e. The first kappa shape index (κ1) is 26.2. The number of fused-ring (bicyclic) bond motifs is 2. The lowest BCUT2D eigenvalue weighted by Crippen LogP contribution is -2.28. The van der Waals surface area contributed by atoms with E-state index in [0.29, 0.717) is 13.0 Å². The molecular formula is C18H24N6O11P2. The van der Waals surface area contributed by atoms with Crippen LogP contribution in [0.5, 0.6) is 0 Å². The first-order valence-electron chi connectivity index (χ1n) is 11.0. The normalized spacial score (nSPS) is 24.1. The van der Waals surface area contributed by atoms with Gasteiger partial charge >= 0.3 is 15.6 Å². The van der Waals surface area contributed by atoms with E-state index in [9.17, 15) is 28.8 Å². The number of nitrogens with one attached hydrogen (secondary N) is 2. The van der Waals surface area contributed by atoms with E-state index < -0.39 is 46.2 Å². The number of aryl methyl sites for hydroxylation is 1. The van der Waals surface area contributed by atoms with Gasteiger partial charge in [0.05, 0.1) is 25.6 Å². The minimum absolute atomic E-state index is 0.0256. The lowest BCUT2D eigenvalue weighted by molar-refractivity contribution is -0.0417. The number of aromatic nitrogens is 5. The van der Waals surface area contributed by atoms with Crippen LogP contribution in [0.1, 0.15) is 36.4 Å². The summed E-state index contributed by atoms with van der Waals surface area (Å²) in [7, 11) is -9.88. The Morgan fingerprint density at radius 2 is 2.03 bits per heavy atom. The Bertz CT molecular complexity index is 1460. The molecule has 0 aliphatic carbocycles. The molecule has 19 heteroatoms. The van der Waals surface area contributed by atoms with Crippen molar-refractivity contribution in [3.05, 3.63) is 40.2 Å². The summed E-state index contributed by atoms with van der Waals surface area (Å²) in [5.74, 6) is 0.130. The lowest BCUT2D eigenvalue weighted by Gasteiger charge is -2.19. The Balaban J connectivity index is 1.42. The summed E-state index contributed by atoms with van der Waals surface area (Å²) in [6.07, 6.45) is 0.100. The highest BCUT2D eigenvalue weighted by Gasteiger charge is 2.42. The van der Waals surface area contributed by atoms with Gasteiger partial charge in [-0.3, -0.25) is 23.4 Å². The quantitative estimate of drug-likeness (QED) is 0.168. The van der Waals surface area contributed by atoms with Crippen molar-refractivity contribution >= 4 is 32.8 Å². The molecule has 0 amide bonds. The number of phosphoric ester groups is 2. The molecule has 3 aromatic heterocycles. The Labute approximate surface area is 207 Å². The molecule has 202 valence electrons. The van der Waals surface area contributed by atoms with E-state index >= 15 is 0 Å². The summed E-state index contributed by atoms with van der Waals surface area (Å²) in [6, 6.07) is 1.59. The van der Waals surface area contributed by atoms with Crippen molar-refractivity contribution in [3.63, 3.8) is 0 Å². The maximum absolute atomic E-state index is 12.7. The Hall–Kier alpha value is -2.43. The van der Waals surface area contributed by atoms with Gasteiger partial charge in [-0.2, -0.15) is 4.98 Å². The van der Waals surface area contributed by atoms with Gasteiger partial charge in [-0.15, -0.1) is 0 Å². The molecule has 1 fully saturated rings. The smallest absolute Gasteiger partial charge is 0.392 e. The zero-order valence-corrected chi connectivity index (χ0v) is 20.7. The molecule has 2 aliphatic heterocycles. The third-order valence-electron chi connectivity index (χ3n) is 6.17. The number of aromatic amines is 1. The predicted octanol–water partition coefficient (Wildman–Crippen LogP) is -0.155. The van der Waals surface area contributed by atoms with Crippen molar-refractivity contribution in [3.8, 4) is 0 Å². The number of anilines is 1.